The van der Waals surface area contributed by atoms with Crippen LogP contribution in [0, 0.1) is 0 Å². The molecule has 3 aliphatic rings. The summed E-state index contributed by atoms with van der Waals surface area (Å²) in [6.07, 6.45) is 1.35. The molecule has 0 radical (unpaired) electrons. The predicted octanol–water partition coefficient (Wildman–Crippen LogP) is -0.0828. The third kappa shape index (κ3) is 1.90. The molecule has 3 rings (SSSR count). The molecule has 0 aromatic carbocycles. The number of aliphatic hydroxyl groups excluding tert-OH is 3. The molecule has 1 spiro atoms. The molecule has 0 amide bonds. The van der Waals surface area contributed by atoms with Crippen LogP contribution in [-0.2, 0) is 9.47 Å². The molecule has 0 aromatic rings. The standard InChI is InChI=1S/C12H20O5/c13-7-6-8(14)10-11(9(7)15)17-12(16-10)4-2-1-3-5-12/h7-11,13-15H,1-6H2/t7-,8-,9+,10+,11-/m1/s1. The first-order valence-electron chi connectivity index (χ1n) is 6.51. The molecule has 1 aliphatic heterocycles. The number of rotatable bonds is 0. The van der Waals surface area contributed by atoms with Crippen LogP contribution in [0.1, 0.15) is 38.5 Å². The number of hydrogen-bond acceptors (Lipinski definition) is 5. The van der Waals surface area contributed by atoms with Gasteiger partial charge in [0.25, 0.3) is 0 Å². The third-order valence-electron chi connectivity index (χ3n) is 4.23. The monoisotopic (exact) mass is 244 g/mol. The van der Waals surface area contributed by atoms with E-state index in [0.717, 1.165) is 25.7 Å². The lowest BCUT2D eigenvalue weighted by molar-refractivity contribution is -0.202. The number of ether oxygens (including phenoxy) is 2. The van der Waals surface area contributed by atoms with Gasteiger partial charge in [0.1, 0.15) is 18.3 Å². The number of aliphatic hydroxyl groups is 3. The molecule has 5 atom stereocenters. The highest BCUT2D eigenvalue weighted by Crippen LogP contribution is 2.44. The summed E-state index contributed by atoms with van der Waals surface area (Å²) in [4.78, 5) is 0. The largest absolute Gasteiger partial charge is 0.390 e. The van der Waals surface area contributed by atoms with Gasteiger partial charge in [-0.15, -0.1) is 0 Å². The maximum atomic E-state index is 9.91. The van der Waals surface area contributed by atoms with E-state index in [0.29, 0.717) is 0 Å². The Labute approximate surface area is 100 Å². The molecule has 5 nitrogen and oxygen atoms in total. The Morgan fingerprint density at radius 1 is 0.824 bits per heavy atom. The molecule has 98 valence electrons. The molecule has 17 heavy (non-hydrogen) atoms. The SMILES string of the molecule is O[C@@H]1[C@H]2OC3(CCCCC3)O[C@H]2[C@H](O)C[C@H]1O. The molecule has 1 heterocycles. The fourth-order valence-corrected chi connectivity index (χ4v) is 3.29. The van der Waals surface area contributed by atoms with E-state index in [1.807, 2.05) is 0 Å². The van der Waals surface area contributed by atoms with Crippen LogP contribution in [0.4, 0.5) is 0 Å². The van der Waals surface area contributed by atoms with E-state index in [-0.39, 0.29) is 6.42 Å². The van der Waals surface area contributed by atoms with Crippen molar-refractivity contribution < 1.29 is 24.8 Å². The van der Waals surface area contributed by atoms with E-state index in [2.05, 4.69) is 0 Å². The average Bonchev–Trinajstić information content (AvgIpc) is 2.67. The lowest BCUT2D eigenvalue weighted by Gasteiger charge is -2.34. The molecular weight excluding hydrogens is 224 g/mol. The van der Waals surface area contributed by atoms with Crippen molar-refractivity contribution in [1.29, 1.82) is 0 Å². The van der Waals surface area contributed by atoms with Crippen molar-refractivity contribution in [1.82, 2.24) is 0 Å². The fourth-order valence-electron chi connectivity index (χ4n) is 3.29. The average molecular weight is 244 g/mol. The van der Waals surface area contributed by atoms with Gasteiger partial charge in [-0.2, -0.15) is 0 Å². The lowest BCUT2D eigenvalue weighted by Crippen LogP contribution is -2.54. The quantitative estimate of drug-likeness (QED) is 0.555. The van der Waals surface area contributed by atoms with Gasteiger partial charge in [0.05, 0.1) is 12.2 Å². The third-order valence-corrected chi connectivity index (χ3v) is 4.23. The first-order chi connectivity index (χ1) is 8.11. The molecule has 5 heteroatoms. The van der Waals surface area contributed by atoms with Gasteiger partial charge in [0.2, 0.25) is 0 Å². The first-order valence-corrected chi connectivity index (χ1v) is 6.51. The second-order valence-electron chi connectivity index (χ2n) is 5.50. The van der Waals surface area contributed by atoms with Gasteiger partial charge < -0.3 is 24.8 Å². The van der Waals surface area contributed by atoms with E-state index in [9.17, 15) is 15.3 Å². The number of fused-ring (bicyclic) bond motifs is 1. The molecule has 1 saturated heterocycles. The maximum absolute atomic E-state index is 9.91. The Hall–Kier alpha value is -0.200. The lowest BCUT2D eigenvalue weighted by atomic mass is 9.87. The molecular formula is C12H20O5. The zero-order chi connectivity index (χ0) is 12.0. The van der Waals surface area contributed by atoms with E-state index < -0.39 is 36.3 Å². The van der Waals surface area contributed by atoms with Gasteiger partial charge >= 0.3 is 0 Å². The predicted molar refractivity (Wildman–Crippen MR) is 58.2 cm³/mol. The van der Waals surface area contributed by atoms with Gasteiger partial charge in [0.15, 0.2) is 5.79 Å². The number of hydrogen-bond donors (Lipinski definition) is 3. The molecule has 3 N–H and O–H groups in total. The minimum atomic E-state index is -0.954. The topological polar surface area (TPSA) is 79.2 Å². The summed E-state index contributed by atoms with van der Waals surface area (Å²) in [5.41, 5.74) is 0. The van der Waals surface area contributed by atoms with Crippen LogP contribution in [0.2, 0.25) is 0 Å². The van der Waals surface area contributed by atoms with Crippen LogP contribution in [0.15, 0.2) is 0 Å². The zero-order valence-corrected chi connectivity index (χ0v) is 9.79. The van der Waals surface area contributed by atoms with Crippen molar-refractivity contribution in [3.63, 3.8) is 0 Å². The van der Waals surface area contributed by atoms with E-state index >= 15 is 0 Å². The van der Waals surface area contributed by atoms with Crippen LogP contribution in [0.5, 0.6) is 0 Å². The molecule has 0 unspecified atom stereocenters. The van der Waals surface area contributed by atoms with Crippen LogP contribution >= 0.6 is 0 Å². The minimum Gasteiger partial charge on any atom is -0.390 e. The maximum Gasteiger partial charge on any atom is 0.169 e. The summed E-state index contributed by atoms with van der Waals surface area (Å²) in [6, 6.07) is 0. The Balaban J connectivity index is 1.79. The van der Waals surface area contributed by atoms with Gasteiger partial charge in [-0.1, -0.05) is 6.42 Å². The van der Waals surface area contributed by atoms with Gasteiger partial charge in [0, 0.05) is 19.3 Å². The Morgan fingerprint density at radius 2 is 1.47 bits per heavy atom. The van der Waals surface area contributed by atoms with Gasteiger partial charge in [-0.05, 0) is 12.8 Å². The second kappa shape index (κ2) is 4.17. The molecule has 3 fully saturated rings. The van der Waals surface area contributed by atoms with Crippen LogP contribution < -0.4 is 0 Å². The summed E-state index contributed by atoms with van der Waals surface area (Å²) in [6.45, 7) is 0. The zero-order valence-electron chi connectivity index (χ0n) is 9.79. The summed E-state index contributed by atoms with van der Waals surface area (Å²) in [5, 5.41) is 29.5. The minimum absolute atomic E-state index is 0.155. The Morgan fingerprint density at radius 3 is 2.18 bits per heavy atom. The van der Waals surface area contributed by atoms with Crippen molar-refractivity contribution in [3.05, 3.63) is 0 Å². The van der Waals surface area contributed by atoms with E-state index in [1.165, 1.54) is 6.42 Å². The van der Waals surface area contributed by atoms with E-state index in [4.69, 9.17) is 9.47 Å². The van der Waals surface area contributed by atoms with Crippen molar-refractivity contribution in [2.75, 3.05) is 0 Å². The summed E-state index contributed by atoms with van der Waals surface area (Å²) in [5.74, 6) is -0.625. The Bertz CT molecular complexity index is 289. The molecule has 0 aromatic heterocycles. The molecule has 2 saturated carbocycles. The highest BCUT2D eigenvalue weighted by atomic mass is 16.8. The Kier molecular flexibility index (Phi) is 2.91. The van der Waals surface area contributed by atoms with Gasteiger partial charge in [-0.3, -0.25) is 0 Å². The second-order valence-corrected chi connectivity index (χ2v) is 5.50. The summed E-state index contributed by atoms with van der Waals surface area (Å²) < 4.78 is 11.7. The smallest absolute Gasteiger partial charge is 0.169 e. The van der Waals surface area contributed by atoms with Crippen molar-refractivity contribution >= 4 is 0 Å². The van der Waals surface area contributed by atoms with Crippen molar-refractivity contribution in [2.45, 2.75) is 74.8 Å². The van der Waals surface area contributed by atoms with Crippen molar-refractivity contribution in [2.24, 2.45) is 0 Å². The molecule has 0 bridgehead atoms. The van der Waals surface area contributed by atoms with E-state index in [1.54, 1.807) is 0 Å². The van der Waals surface area contributed by atoms with Crippen LogP contribution in [-0.4, -0.2) is 51.6 Å². The summed E-state index contributed by atoms with van der Waals surface area (Å²) >= 11 is 0. The van der Waals surface area contributed by atoms with Crippen LogP contribution in [0.25, 0.3) is 0 Å². The fraction of sp³-hybridized carbons (Fsp3) is 1.00. The highest BCUT2D eigenvalue weighted by molar-refractivity contribution is 5.00. The van der Waals surface area contributed by atoms with Gasteiger partial charge in [-0.25, -0.2) is 0 Å². The summed E-state index contributed by atoms with van der Waals surface area (Å²) in [7, 11) is 0. The normalized spacial score (nSPS) is 49.2. The van der Waals surface area contributed by atoms with Crippen molar-refractivity contribution in [3.8, 4) is 0 Å². The highest BCUT2D eigenvalue weighted by Gasteiger charge is 2.56. The van der Waals surface area contributed by atoms with Crippen LogP contribution in [0.3, 0.4) is 0 Å². The molecule has 2 aliphatic carbocycles. The first kappa shape index (κ1) is 11.9.